The molecule has 1 aromatic heterocycles. The van der Waals surface area contributed by atoms with Crippen molar-refractivity contribution in [3.8, 4) is 10.6 Å². The normalized spacial score (nSPS) is 11.2. The Kier molecular flexibility index (Phi) is 4.50. The van der Waals surface area contributed by atoms with E-state index >= 15 is 0 Å². The van der Waals surface area contributed by atoms with E-state index in [1.54, 1.807) is 17.4 Å². The number of hydrogen-bond donors (Lipinski definition) is 0. The number of aryl methyl sites for hydroxylation is 2. The number of allylic oxidation sites excluding steroid dienone is 1. The number of rotatable bonds is 4. The predicted molar refractivity (Wildman–Crippen MR) is 98.4 cm³/mol. The molecule has 0 bridgehead atoms. The van der Waals surface area contributed by atoms with E-state index < -0.39 is 11.6 Å². The van der Waals surface area contributed by atoms with Gasteiger partial charge in [-0.15, -0.1) is 11.3 Å². The third kappa shape index (κ3) is 2.98. The van der Waals surface area contributed by atoms with Gasteiger partial charge in [-0.05, 0) is 55.0 Å². The number of nitrogens with zero attached hydrogens (tertiary/aromatic N) is 1. The lowest BCUT2D eigenvalue weighted by Crippen LogP contribution is -1.88. The molecule has 4 heteroatoms. The summed E-state index contributed by atoms with van der Waals surface area (Å²) >= 11 is 1.58. The molecule has 0 amide bonds. The number of halogens is 2. The first-order valence-electron chi connectivity index (χ1n) is 7.96. The SMILES string of the molecule is C=C(CCC)c1sc(-c2cc(C)c3cc(F)cc(F)c3c2)nc1C. The average molecular weight is 343 g/mol. The lowest BCUT2D eigenvalue weighted by atomic mass is 10.0. The fraction of sp³-hybridized carbons (Fsp3) is 0.250. The summed E-state index contributed by atoms with van der Waals surface area (Å²) in [6.45, 7) is 10.1. The molecule has 0 aliphatic rings. The van der Waals surface area contributed by atoms with Gasteiger partial charge in [0.25, 0.3) is 0 Å². The maximum Gasteiger partial charge on any atom is 0.133 e. The van der Waals surface area contributed by atoms with Gasteiger partial charge in [0.15, 0.2) is 0 Å². The van der Waals surface area contributed by atoms with Crippen LogP contribution in [0.2, 0.25) is 0 Å². The second-order valence-electron chi connectivity index (χ2n) is 6.06. The Morgan fingerprint density at radius 3 is 2.58 bits per heavy atom. The van der Waals surface area contributed by atoms with Crippen LogP contribution in [0.4, 0.5) is 8.78 Å². The first-order chi connectivity index (χ1) is 11.4. The Labute approximate surface area is 144 Å². The summed E-state index contributed by atoms with van der Waals surface area (Å²) in [6.07, 6.45) is 1.98. The quantitative estimate of drug-likeness (QED) is 0.515. The van der Waals surface area contributed by atoms with Crippen molar-refractivity contribution in [2.75, 3.05) is 0 Å². The number of thiazole rings is 1. The minimum absolute atomic E-state index is 0.424. The number of hydrogen-bond acceptors (Lipinski definition) is 2. The highest BCUT2D eigenvalue weighted by molar-refractivity contribution is 7.16. The maximum atomic E-state index is 14.2. The summed E-state index contributed by atoms with van der Waals surface area (Å²) in [5, 5.41) is 1.86. The van der Waals surface area contributed by atoms with Crippen LogP contribution >= 0.6 is 11.3 Å². The molecular weight excluding hydrogens is 324 g/mol. The predicted octanol–water partition coefficient (Wildman–Crippen LogP) is 6.67. The lowest BCUT2D eigenvalue weighted by molar-refractivity contribution is 0.592. The van der Waals surface area contributed by atoms with Crippen LogP contribution in [0, 0.1) is 25.5 Å². The van der Waals surface area contributed by atoms with Gasteiger partial charge in [0, 0.05) is 17.0 Å². The molecule has 0 spiro atoms. The molecule has 0 unspecified atom stereocenters. The molecule has 0 saturated carbocycles. The topological polar surface area (TPSA) is 12.9 Å². The summed E-state index contributed by atoms with van der Waals surface area (Å²) in [6, 6.07) is 5.99. The molecule has 1 nitrogen and oxygen atoms in total. The smallest absolute Gasteiger partial charge is 0.133 e. The van der Waals surface area contributed by atoms with Gasteiger partial charge in [0.1, 0.15) is 16.6 Å². The van der Waals surface area contributed by atoms with Crippen molar-refractivity contribution < 1.29 is 8.78 Å². The summed E-state index contributed by atoms with van der Waals surface area (Å²) in [4.78, 5) is 5.74. The Morgan fingerprint density at radius 1 is 1.12 bits per heavy atom. The van der Waals surface area contributed by atoms with Gasteiger partial charge in [-0.2, -0.15) is 0 Å². The molecule has 0 aliphatic carbocycles. The first kappa shape index (κ1) is 16.8. The van der Waals surface area contributed by atoms with E-state index in [1.807, 2.05) is 19.9 Å². The van der Waals surface area contributed by atoms with Gasteiger partial charge in [-0.3, -0.25) is 0 Å². The van der Waals surface area contributed by atoms with Crippen LogP contribution < -0.4 is 0 Å². The van der Waals surface area contributed by atoms with Crippen molar-refractivity contribution in [3.63, 3.8) is 0 Å². The monoisotopic (exact) mass is 343 g/mol. The fourth-order valence-electron chi connectivity index (χ4n) is 2.95. The fourth-order valence-corrected chi connectivity index (χ4v) is 4.00. The third-order valence-electron chi connectivity index (χ3n) is 4.11. The molecule has 0 saturated heterocycles. The van der Waals surface area contributed by atoms with Gasteiger partial charge >= 0.3 is 0 Å². The zero-order chi connectivity index (χ0) is 17.4. The number of fused-ring (bicyclic) bond motifs is 1. The van der Waals surface area contributed by atoms with Gasteiger partial charge < -0.3 is 0 Å². The van der Waals surface area contributed by atoms with E-state index in [4.69, 9.17) is 0 Å². The van der Waals surface area contributed by atoms with Crippen molar-refractivity contribution in [2.24, 2.45) is 0 Å². The molecule has 0 aliphatic heterocycles. The van der Waals surface area contributed by atoms with Crippen LogP contribution in [0.15, 0.2) is 30.8 Å². The second-order valence-corrected chi connectivity index (χ2v) is 7.06. The summed E-state index contributed by atoms with van der Waals surface area (Å²) in [5.41, 5.74) is 3.73. The van der Waals surface area contributed by atoms with Crippen LogP contribution in [-0.2, 0) is 0 Å². The maximum absolute atomic E-state index is 14.2. The van der Waals surface area contributed by atoms with E-state index in [9.17, 15) is 8.78 Å². The van der Waals surface area contributed by atoms with Crippen LogP contribution in [0.3, 0.4) is 0 Å². The highest BCUT2D eigenvalue weighted by Gasteiger charge is 2.14. The lowest BCUT2D eigenvalue weighted by Gasteiger charge is -2.07. The van der Waals surface area contributed by atoms with Crippen LogP contribution in [0.5, 0.6) is 0 Å². The van der Waals surface area contributed by atoms with Crippen molar-refractivity contribution in [2.45, 2.75) is 33.6 Å². The van der Waals surface area contributed by atoms with Gasteiger partial charge in [-0.1, -0.05) is 19.9 Å². The highest BCUT2D eigenvalue weighted by Crippen LogP contribution is 2.36. The molecule has 0 atom stereocenters. The molecule has 2 aromatic carbocycles. The molecule has 1 heterocycles. The van der Waals surface area contributed by atoms with Crippen LogP contribution in [0.1, 0.15) is 35.9 Å². The second kappa shape index (κ2) is 6.44. The van der Waals surface area contributed by atoms with E-state index in [2.05, 4.69) is 18.5 Å². The molecular formula is C20H19F2NS. The van der Waals surface area contributed by atoms with Crippen molar-refractivity contribution in [1.29, 1.82) is 0 Å². The summed E-state index contributed by atoms with van der Waals surface area (Å²) in [5.74, 6) is -1.10. The van der Waals surface area contributed by atoms with Crippen LogP contribution in [-0.4, -0.2) is 4.98 Å². The van der Waals surface area contributed by atoms with Crippen molar-refractivity contribution >= 4 is 27.7 Å². The van der Waals surface area contributed by atoms with E-state index in [0.717, 1.165) is 51.2 Å². The molecule has 3 aromatic rings. The van der Waals surface area contributed by atoms with E-state index in [1.165, 1.54) is 6.07 Å². The zero-order valence-corrected chi connectivity index (χ0v) is 14.9. The average Bonchev–Trinajstić information content (AvgIpc) is 2.90. The van der Waals surface area contributed by atoms with Gasteiger partial charge in [0.2, 0.25) is 0 Å². The van der Waals surface area contributed by atoms with Gasteiger partial charge in [-0.25, -0.2) is 13.8 Å². The first-order valence-corrected chi connectivity index (χ1v) is 8.77. The summed E-state index contributed by atoms with van der Waals surface area (Å²) < 4.78 is 27.6. The molecule has 124 valence electrons. The molecule has 24 heavy (non-hydrogen) atoms. The summed E-state index contributed by atoms with van der Waals surface area (Å²) in [7, 11) is 0. The van der Waals surface area contributed by atoms with E-state index in [0.29, 0.717) is 10.8 Å². The number of aromatic nitrogens is 1. The standard InChI is InChI=1S/C20H19F2NS/c1-5-6-11(2)19-13(4)23-20(24-19)14-7-12(3)16-9-15(21)10-18(22)17(16)8-14/h7-10H,2,5-6H2,1,3-4H3. The van der Waals surface area contributed by atoms with Crippen LogP contribution in [0.25, 0.3) is 26.9 Å². The molecule has 0 N–H and O–H groups in total. The van der Waals surface area contributed by atoms with E-state index in [-0.39, 0.29) is 0 Å². The minimum Gasteiger partial charge on any atom is -0.241 e. The third-order valence-corrected chi connectivity index (χ3v) is 5.42. The molecule has 0 fully saturated rings. The Hall–Kier alpha value is -2.07. The molecule has 3 rings (SSSR count). The van der Waals surface area contributed by atoms with Crippen molar-refractivity contribution in [3.05, 3.63) is 58.6 Å². The zero-order valence-electron chi connectivity index (χ0n) is 14.0. The highest BCUT2D eigenvalue weighted by atomic mass is 32.1. The van der Waals surface area contributed by atoms with Crippen molar-refractivity contribution in [1.82, 2.24) is 4.98 Å². The Bertz CT molecular complexity index is 940. The minimum atomic E-state index is -0.556. The largest absolute Gasteiger partial charge is 0.241 e. The Morgan fingerprint density at radius 2 is 1.88 bits per heavy atom. The Balaban J connectivity index is 2.14. The number of benzene rings is 2. The van der Waals surface area contributed by atoms with Gasteiger partial charge in [0.05, 0.1) is 10.6 Å². The molecule has 0 radical (unpaired) electrons.